The number of anilines is 2. The lowest BCUT2D eigenvalue weighted by Gasteiger charge is -2.05. The minimum Gasteiger partial charge on any atom is -0.369 e. The molecule has 2 heterocycles. The lowest BCUT2D eigenvalue weighted by atomic mass is 10.4. The third kappa shape index (κ3) is 3.70. The summed E-state index contributed by atoms with van der Waals surface area (Å²) >= 11 is 0. The predicted octanol–water partition coefficient (Wildman–Crippen LogP) is 1.34. The predicted molar refractivity (Wildman–Crippen MR) is 70.8 cm³/mol. The minimum absolute atomic E-state index is 0.242. The van der Waals surface area contributed by atoms with E-state index in [4.69, 9.17) is 0 Å². The Bertz CT molecular complexity index is 528. The molecule has 2 rings (SSSR count). The molecule has 7 heteroatoms. The van der Waals surface area contributed by atoms with E-state index in [2.05, 4.69) is 37.5 Å². The molecule has 0 atom stereocenters. The summed E-state index contributed by atoms with van der Waals surface area (Å²) in [6, 6.07) is 0. The van der Waals surface area contributed by atoms with Crippen LogP contribution in [0, 0.1) is 0 Å². The van der Waals surface area contributed by atoms with Crippen LogP contribution in [0.25, 0.3) is 0 Å². The van der Waals surface area contributed by atoms with Gasteiger partial charge in [-0.1, -0.05) is 6.92 Å². The highest BCUT2D eigenvalue weighted by atomic mass is 16.1. The van der Waals surface area contributed by atoms with Gasteiger partial charge in [0.15, 0.2) is 0 Å². The summed E-state index contributed by atoms with van der Waals surface area (Å²) in [6.07, 6.45) is 8.37. The van der Waals surface area contributed by atoms with Crippen LogP contribution in [-0.2, 0) is 0 Å². The average Bonchev–Trinajstić information content (AvgIpc) is 2.46. The van der Waals surface area contributed by atoms with E-state index in [0.717, 1.165) is 13.0 Å². The standard InChI is InChI=1S/C12H14N6O/c1-2-3-15-11-7-16-10(6-17-11)12(19)18-9-4-13-8-14-5-9/h4-8H,2-3H2,1H3,(H,15,17)(H,18,19). The maximum atomic E-state index is 11.8. The maximum Gasteiger partial charge on any atom is 0.275 e. The molecule has 0 aliphatic heterocycles. The summed E-state index contributed by atoms with van der Waals surface area (Å²) < 4.78 is 0. The molecule has 0 fully saturated rings. The van der Waals surface area contributed by atoms with Crippen molar-refractivity contribution >= 4 is 17.4 Å². The van der Waals surface area contributed by atoms with Crippen LogP contribution >= 0.6 is 0 Å². The molecule has 0 bridgehead atoms. The third-order valence-electron chi connectivity index (χ3n) is 2.26. The summed E-state index contributed by atoms with van der Waals surface area (Å²) in [4.78, 5) is 27.6. The molecule has 0 aliphatic rings. The zero-order valence-corrected chi connectivity index (χ0v) is 10.5. The Morgan fingerprint density at radius 3 is 2.58 bits per heavy atom. The molecule has 2 N–H and O–H groups in total. The lowest BCUT2D eigenvalue weighted by Crippen LogP contribution is -2.15. The fourth-order valence-electron chi connectivity index (χ4n) is 1.35. The fraction of sp³-hybridized carbons (Fsp3) is 0.250. The highest BCUT2D eigenvalue weighted by Crippen LogP contribution is 2.05. The van der Waals surface area contributed by atoms with Gasteiger partial charge in [-0.2, -0.15) is 0 Å². The number of hydrogen-bond donors (Lipinski definition) is 2. The van der Waals surface area contributed by atoms with Crippen LogP contribution in [0.15, 0.2) is 31.1 Å². The topological polar surface area (TPSA) is 92.7 Å². The van der Waals surface area contributed by atoms with Gasteiger partial charge in [0.1, 0.15) is 17.8 Å². The molecule has 0 unspecified atom stereocenters. The molecule has 1 amide bonds. The molecule has 0 radical (unpaired) electrons. The quantitative estimate of drug-likeness (QED) is 0.840. The van der Waals surface area contributed by atoms with E-state index in [1.54, 1.807) is 0 Å². The Labute approximate surface area is 110 Å². The van der Waals surface area contributed by atoms with Crippen LogP contribution in [0.5, 0.6) is 0 Å². The van der Waals surface area contributed by atoms with Crippen LogP contribution in [0.1, 0.15) is 23.8 Å². The highest BCUT2D eigenvalue weighted by molar-refractivity contribution is 6.02. The van der Waals surface area contributed by atoms with Gasteiger partial charge in [0.2, 0.25) is 0 Å². The zero-order chi connectivity index (χ0) is 13.5. The van der Waals surface area contributed by atoms with E-state index in [0.29, 0.717) is 11.5 Å². The van der Waals surface area contributed by atoms with Gasteiger partial charge in [0, 0.05) is 6.54 Å². The second kappa shape index (κ2) is 6.39. The summed E-state index contributed by atoms with van der Waals surface area (Å²) in [5, 5.41) is 5.72. The molecule has 0 spiro atoms. The number of amides is 1. The van der Waals surface area contributed by atoms with Crippen molar-refractivity contribution < 1.29 is 4.79 Å². The van der Waals surface area contributed by atoms with E-state index in [1.807, 2.05) is 0 Å². The number of rotatable bonds is 5. The molecular formula is C12H14N6O. The highest BCUT2D eigenvalue weighted by Gasteiger charge is 2.08. The second-order valence-electron chi connectivity index (χ2n) is 3.79. The van der Waals surface area contributed by atoms with Crippen LogP contribution < -0.4 is 10.6 Å². The Morgan fingerprint density at radius 2 is 1.95 bits per heavy atom. The summed E-state index contributed by atoms with van der Waals surface area (Å²) in [5.41, 5.74) is 0.758. The molecular weight excluding hydrogens is 244 g/mol. The van der Waals surface area contributed by atoms with Gasteiger partial charge >= 0.3 is 0 Å². The van der Waals surface area contributed by atoms with E-state index in [-0.39, 0.29) is 11.6 Å². The van der Waals surface area contributed by atoms with Gasteiger partial charge < -0.3 is 10.6 Å². The molecule has 0 aliphatic carbocycles. The number of nitrogens with zero attached hydrogens (tertiary/aromatic N) is 4. The SMILES string of the molecule is CCCNc1cnc(C(=O)Nc2cncnc2)cn1. The van der Waals surface area contributed by atoms with Gasteiger partial charge in [0.25, 0.3) is 5.91 Å². The van der Waals surface area contributed by atoms with E-state index in [9.17, 15) is 4.79 Å². The van der Waals surface area contributed by atoms with Crippen molar-refractivity contribution in [3.05, 3.63) is 36.8 Å². The van der Waals surface area contributed by atoms with Crippen LogP contribution in [0.3, 0.4) is 0 Å². The average molecular weight is 258 g/mol. The van der Waals surface area contributed by atoms with Crippen LogP contribution in [0.2, 0.25) is 0 Å². The lowest BCUT2D eigenvalue weighted by molar-refractivity contribution is 0.102. The smallest absolute Gasteiger partial charge is 0.275 e. The van der Waals surface area contributed by atoms with Gasteiger partial charge in [-0.25, -0.2) is 19.9 Å². The zero-order valence-electron chi connectivity index (χ0n) is 10.5. The Hall–Kier alpha value is -2.57. The Kier molecular flexibility index (Phi) is 4.33. The van der Waals surface area contributed by atoms with Crippen molar-refractivity contribution in [1.82, 2.24) is 19.9 Å². The number of carbonyl (C=O) groups excluding carboxylic acids is 1. The maximum absolute atomic E-state index is 11.8. The first-order valence-corrected chi connectivity index (χ1v) is 5.92. The monoisotopic (exact) mass is 258 g/mol. The third-order valence-corrected chi connectivity index (χ3v) is 2.26. The molecule has 98 valence electrons. The van der Waals surface area contributed by atoms with Gasteiger partial charge in [0.05, 0.1) is 30.5 Å². The molecule has 0 saturated heterocycles. The minimum atomic E-state index is -0.343. The fourth-order valence-corrected chi connectivity index (χ4v) is 1.35. The summed E-state index contributed by atoms with van der Waals surface area (Å²) in [7, 11) is 0. The Morgan fingerprint density at radius 1 is 1.16 bits per heavy atom. The summed E-state index contributed by atoms with van der Waals surface area (Å²) in [6.45, 7) is 2.88. The summed E-state index contributed by atoms with van der Waals surface area (Å²) in [5.74, 6) is 0.311. The van der Waals surface area contributed by atoms with Crippen molar-refractivity contribution in [3.63, 3.8) is 0 Å². The van der Waals surface area contributed by atoms with Crippen molar-refractivity contribution in [3.8, 4) is 0 Å². The molecule has 19 heavy (non-hydrogen) atoms. The molecule has 2 aromatic heterocycles. The van der Waals surface area contributed by atoms with E-state index >= 15 is 0 Å². The largest absolute Gasteiger partial charge is 0.369 e. The first-order valence-electron chi connectivity index (χ1n) is 5.92. The van der Waals surface area contributed by atoms with Gasteiger partial charge in [-0.05, 0) is 6.42 Å². The van der Waals surface area contributed by atoms with Gasteiger partial charge in [-0.15, -0.1) is 0 Å². The number of aromatic nitrogens is 4. The Balaban J connectivity index is 1.99. The van der Waals surface area contributed by atoms with Crippen molar-refractivity contribution in [1.29, 1.82) is 0 Å². The van der Waals surface area contributed by atoms with Crippen LogP contribution in [0.4, 0.5) is 11.5 Å². The van der Waals surface area contributed by atoms with Crippen LogP contribution in [-0.4, -0.2) is 32.4 Å². The molecule has 7 nitrogen and oxygen atoms in total. The molecule has 0 saturated carbocycles. The van der Waals surface area contributed by atoms with Crippen molar-refractivity contribution in [2.45, 2.75) is 13.3 Å². The van der Waals surface area contributed by atoms with E-state index < -0.39 is 0 Å². The van der Waals surface area contributed by atoms with E-state index in [1.165, 1.54) is 31.1 Å². The number of nitrogens with one attached hydrogen (secondary N) is 2. The normalized spacial score (nSPS) is 9.95. The molecule has 2 aromatic rings. The number of hydrogen-bond acceptors (Lipinski definition) is 6. The first-order chi connectivity index (χ1) is 9.29. The molecule has 0 aromatic carbocycles. The van der Waals surface area contributed by atoms with Crippen molar-refractivity contribution in [2.75, 3.05) is 17.2 Å². The number of carbonyl (C=O) groups is 1. The van der Waals surface area contributed by atoms with Gasteiger partial charge in [-0.3, -0.25) is 4.79 Å². The van der Waals surface area contributed by atoms with Crippen molar-refractivity contribution in [2.24, 2.45) is 0 Å². The first kappa shape index (κ1) is 12.9. The second-order valence-corrected chi connectivity index (χ2v) is 3.79.